The molecule has 0 spiro atoms. The molecule has 0 saturated carbocycles. The van der Waals surface area contributed by atoms with E-state index in [1.165, 1.54) is 0 Å². The van der Waals surface area contributed by atoms with E-state index in [1.807, 2.05) is 60.7 Å². The van der Waals surface area contributed by atoms with Crippen molar-refractivity contribution in [3.05, 3.63) is 143 Å². The van der Waals surface area contributed by atoms with Crippen LogP contribution < -0.4 is 10.0 Å². The lowest BCUT2D eigenvalue weighted by molar-refractivity contribution is -0.105. The quantitative estimate of drug-likeness (QED) is 0.289. The number of hydrogen-bond acceptors (Lipinski definition) is 2. The van der Waals surface area contributed by atoms with Crippen molar-refractivity contribution in [2.75, 3.05) is 0 Å². The van der Waals surface area contributed by atoms with Gasteiger partial charge >= 0.3 is 0 Å². The number of para-hydroxylation sites is 2. The summed E-state index contributed by atoms with van der Waals surface area (Å²) in [5.41, 5.74) is 10.3. The van der Waals surface area contributed by atoms with Crippen LogP contribution in [-0.4, -0.2) is 6.29 Å². The first-order valence-corrected chi connectivity index (χ1v) is 11.2. The fourth-order valence-electron chi connectivity index (χ4n) is 5.10. The zero-order valence-electron chi connectivity index (χ0n) is 18.9. The number of carbonyl (C=O) groups excluding carboxylic acids is 1. The third-order valence-electron chi connectivity index (χ3n) is 6.66. The van der Waals surface area contributed by atoms with Crippen molar-refractivity contribution in [3.8, 4) is 0 Å². The van der Waals surface area contributed by atoms with Crippen LogP contribution >= 0.6 is 0 Å². The van der Waals surface area contributed by atoms with Crippen molar-refractivity contribution in [2.24, 2.45) is 0 Å². The second-order valence-electron chi connectivity index (χ2n) is 8.59. The highest BCUT2D eigenvalue weighted by molar-refractivity contribution is 5.84. The van der Waals surface area contributed by atoms with Crippen LogP contribution in [0.2, 0.25) is 0 Å². The largest absolute Gasteiger partial charge is 0.298 e. The average molecular weight is 432 g/mol. The fraction of sp³-hybridized carbons (Fsp3) is 0.100. The Morgan fingerprint density at radius 1 is 0.636 bits per heavy atom. The first-order valence-electron chi connectivity index (χ1n) is 11.2. The molecule has 0 saturated heterocycles. The Morgan fingerprint density at radius 3 is 1.48 bits per heavy atom. The summed E-state index contributed by atoms with van der Waals surface area (Å²) >= 11 is 0. The summed E-state index contributed by atoms with van der Waals surface area (Å²) in [6, 6.07) is 37.2. The second-order valence-corrected chi connectivity index (χ2v) is 8.59. The molecule has 3 nitrogen and oxygen atoms in total. The number of aryl methyl sites for hydroxylation is 2. The number of aldehydes is 1. The van der Waals surface area contributed by atoms with Gasteiger partial charge in [-0.05, 0) is 36.1 Å². The highest BCUT2D eigenvalue weighted by Gasteiger charge is 2.55. The van der Waals surface area contributed by atoms with Gasteiger partial charge in [-0.1, -0.05) is 84.9 Å². The van der Waals surface area contributed by atoms with Gasteiger partial charge in [0, 0.05) is 24.3 Å². The van der Waals surface area contributed by atoms with E-state index in [0.29, 0.717) is 5.57 Å². The molecule has 4 aromatic carbocycles. The molecule has 162 valence electrons. The Balaban J connectivity index is 1.88. The van der Waals surface area contributed by atoms with E-state index in [0.717, 1.165) is 39.9 Å². The SMILES string of the molecule is Cc1ccccc1C1(c2ccccc2C)N[N+](c2ccccc2)(c2ccccc2)C=C1C=O. The van der Waals surface area contributed by atoms with E-state index >= 15 is 0 Å². The lowest BCUT2D eigenvalue weighted by atomic mass is 9.75. The maximum atomic E-state index is 12.8. The minimum absolute atomic E-state index is 0.235. The second kappa shape index (κ2) is 8.28. The number of nitrogens with zero attached hydrogens (tertiary/aromatic N) is 1. The molecule has 0 aromatic heterocycles. The molecule has 33 heavy (non-hydrogen) atoms. The van der Waals surface area contributed by atoms with Crippen LogP contribution in [0, 0.1) is 13.8 Å². The van der Waals surface area contributed by atoms with E-state index in [9.17, 15) is 4.79 Å². The third kappa shape index (κ3) is 3.25. The van der Waals surface area contributed by atoms with Gasteiger partial charge in [-0.15, -0.1) is 5.43 Å². The van der Waals surface area contributed by atoms with Gasteiger partial charge in [-0.25, -0.2) is 0 Å². The highest BCUT2D eigenvalue weighted by Crippen LogP contribution is 2.49. The van der Waals surface area contributed by atoms with Gasteiger partial charge in [0.25, 0.3) is 0 Å². The molecular weight excluding hydrogens is 404 g/mol. The van der Waals surface area contributed by atoms with E-state index < -0.39 is 5.54 Å². The molecule has 0 amide bonds. The number of quaternary nitrogens is 1. The van der Waals surface area contributed by atoms with Gasteiger partial charge in [0.1, 0.15) is 6.20 Å². The molecule has 0 atom stereocenters. The zero-order valence-corrected chi connectivity index (χ0v) is 18.9. The topological polar surface area (TPSA) is 29.1 Å². The number of carbonyl (C=O) groups is 1. The highest BCUT2D eigenvalue weighted by atomic mass is 16.1. The smallest absolute Gasteiger partial charge is 0.162 e. The van der Waals surface area contributed by atoms with Crippen molar-refractivity contribution in [2.45, 2.75) is 19.4 Å². The molecule has 1 N–H and O–H groups in total. The normalized spacial score (nSPS) is 16.2. The van der Waals surface area contributed by atoms with Crippen LogP contribution in [0.5, 0.6) is 0 Å². The van der Waals surface area contributed by atoms with Gasteiger partial charge in [0.15, 0.2) is 23.2 Å². The van der Waals surface area contributed by atoms with Crippen molar-refractivity contribution >= 4 is 17.7 Å². The fourth-order valence-corrected chi connectivity index (χ4v) is 5.10. The number of hydrogen-bond donors (Lipinski definition) is 1. The summed E-state index contributed by atoms with van der Waals surface area (Å²) in [4.78, 5) is 12.8. The Labute approximate surface area is 195 Å². The number of rotatable bonds is 5. The average Bonchev–Trinajstić information content (AvgIpc) is 3.23. The summed E-state index contributed by atoms with van der Waals surface area (Å²) in [5, 5.41) is 0. The predicted molar refractivity (Wildman–Crippen MR) is 135 cm³/mol. The van der Waals surface area contributed by atoms with E-state index in [4.69, 9.17) is 0 Å². The number of benzene rings is 4. The monoisotopic (exact) mass is 431 g/mol. The molecule has 1 aliphatic rings. The summed E-state index contributed by atoms with van der Waals surface area (Å²) in [6.07, 6.45) is 3.08. The Hall–Kier alpha value is -3.79. The van der Waals surface area contributed by atoms with Gasteiger partial charge in [0.05, 0.1) is 5.57 Å². The molecular formula is C30H27N2O+. The molecule has 5 rings (SSSR count). The molecule has 3 heteroatoms. The Morgan fingerprint density at radius 2 is 1.06 bits per heavy atom. The molecule has 4 aromatic rings. The molecule has 0 aliphatic carbocycles. The van der Waals surface area contributed by atoms with Gasteiger partial charge in [-0.2, -0.15) is 4.59 Å². The molecule has 0 fully saturated rings. The summed E-state index contributed by atoms with van der Waals surface area (Å²) in [5.74, 6) is 0. The van der Waals surface area contributed by atoms with Crippen LogP contribution in [0.3, 0.4) is 0 Å². The van der Waals surface area contributed by atoms with Gasteiger partial charge < -0.3 is 0 Å². The molecule has 1 heterocycles. The molecule has 1 aliphatic heterocycles. The van der Waals surface area contributed by atoms with Crippen molar-refractivity contribution in [1.82, 2.24) is 10.0 Å². The minimum Gasteiger partial charge on any atom is -0.298 e. The van der Waals surface area contributed by atoms with Crippen molar-refractivity contribution in [3.63, 3.8) is 0 Å². The van der Waals surface area contributed by atoms with Crippen molar-refractivity contribution < 1.29 is 4.79 Å². The minimum atomic E-state index is -0.815. The first kappa shape index (κ1) is 21.1. The van der Waals surface area contributed by atoms with Gasteiger partial charge in [0.2, 0.25) is 0 Å². The van der Waals surface area contributed by atoms with Crippen molar-refractivity contribution in [1.29, 1.82) is 0 Å². The standard InChI is InChI=1S/C30H27N2O/c1-23-13-9-11-19-28(23)30(29-20-12-10-14-24(29)2)25(22-33)21-32(31-30,26-15-5-3-6-16-26)27-17-7-4-8-18-27/h3-22,31H,1-2H3/q+1. The van der Waals surface area contributed by atoms with Crippen LogP contribution in [-0.2, 0) is 10.3 Å². The van der Waals surface area contributed by atoms with Gasteiger partial charge in [-0.3, -0.25) is 4.79 Å². The van der Waals surface area contributed by atoms with Crippen LogP contribution in [0.4, 0.5) is 11.4 Å². The zero-order chi connectivity index (χ0) is 22.9. The maximum absolute atomic E-state index is 12.8. The van der Waals surface area contributed by atoms with Crippen LogP contribution in [0.1, 0.15) is 22.3 Å². The van der Waals surface area contributed by atoms with E-state index in [-0.39, 0.29) is 4.59 Å². The first-order chi connectivity index (χ1) is 16.1. The Kier molecular flexibility index (Phi) is 5.29. The maximum Gasteiger partial charge on any atom is 0.162 e. The van der Waals surface area contributed by atoms with Crippen LogP contribution in [0.25, 0.3) is 0 Å². The number of nitrogens with one attached hydrogen (secondary N) is 1. The summed E-state index contributed by atoms with van der Waals surface area (Å²) in [7, 11) is 0. The summed E-state index contributed by atoms with van der Waals surface area (Å²) < 4.78 is 0.235. The predicted octanol–water partition coefficient (Wildman–Crippen LogP) is 6.49. The van der Waals surface area contributed by atoms with E-state index in [1.54, 1.807) is 0 Å². The molecule has 0 unspecified atom stereocenters. The Bertz CT molecular complexity index is 1240. The molecule has 0 bridgehead atoms. The lowest BCUT2D eigenvalue weighted by Crippen LogP contribution is -2.57. The third-order valence-corrected chi connectivity index (χ3v) is 6.66. The van der Waals surface area contributed by atoms with Crippen LogP contribution in [0.15, 0.2) is 121 Å². The summed E-state index contributed by atoms with van der Waals surface area (Å²) in [6.45, 7) is 4.22. The van der Waals surface area contributed by atoms with E-state index in [2.05, 4.69) is 74.0 Å². The lowest BCUT2D eigenvalue weighted by Gasteiger charge is -2.38. The molecule has 0 radical (unpaired) electrons.